The average Bonchev–Trinajstić information content (AvgIpc) is 3.18. The lowest BCUT2D eigenvalue weighted by molar-refractivity contribution is -0.384. The van der Waals surface area contributed by atoms with E-state index in [1.165, 1.54) is 19.1 Å². The summed E-state index contributed by atoms with van der Waals surface area (Å²) in [5, 5.41) is 38.7. The Morgan fingerprint density at radius 1 is 1.05 bits per heavy atom. The van der Waals surface area contributed by atoms with Gasteiger partial charge in [-0.2, -0.15) is 0 Å². The van der Waals surface area contributed by atoms with Crippen LogP contribution in [0, 0.1) is 27.9 Å². The quantitative estimate of drug-likeness (QED) is 0.0488. The van der Waals surface area contributed by atoms with Crippen molar-refractivity contribution in [1.82, 2.24) is 0 Å². The summed E-state index contributed by atoms with van der Waals surface area (Å²) >= 11 is 1.63. The number of nitrogens with zero attached hydrogens (tertiary/aromatic N) is 2. The van der Waals surface area contributed by atoms with Crippen LogP contribution in [0.25, 0.3) is 0 Å². The van der Waals surface area contributed by atoms with Crippen LogP contribution in [-0.4, -0.2) is 63.2 Å². The van der Waals surface area contributed by atoms with Gasteiger partial charge in [-0.15, -0.1) is 18.3 Å². The van der Waals surface area contributed by atoms with E-state index >= 15 is 0 Å². The first-order valence-electron chi connectivity index (χ1n) is 20.1. The Labute approximate surface area is 344 Å². The summed E-state index contributed by atoms with van der Waals surface area (Å²) in [6.07, 6.45) is 9.16. The number of oxime groups is 1. The molecule has 3 aromatic rings. The molecular weight excluding hydrogens is 759 g/mol. The van der Waals surface area contributed by atoms with Crippen LogP contribution in [0.2, 0.25) is 0 Å². The van der Waals surface area contributed by atoms with Crippen molar-refractivity contribution in [3.05, 3.63) is 107 Å². The van der Waals surface area contributed by atoms with Crippen molar-refractivity contribution in [2.45, 2.75) is 100 Å². The van der Waals surface area contributed by atoms with Crippen LogP contribution in [-0.2, 0) is 14.4 Å². The zero-order chi connectivity index (χ0) is 41.5. The molecule has 3 aromatic carbocycles. The third-order valence-corrected chi connectivity index (χ3v) is 12.1. The number of anilines is 1. The average molecular weight is 814 g/mol. The molecule has 2 aliphatic carbocycles. The molecule has 310 valence electrons. The second-order valence-corrected chi connectivity index (χ2v) is 17.4. The maximum absolute atomic E-state index is 11.8. The van der Waals surface area contributed by atoms with Gasteiger partial charge in [-0.05, 0) is 112 Å². The number of ether oxygens (including phenoxy) is 3. The molecule has 0 aromatic heterocycles. The number of non-ortho nitro benzene ring substituents is 1. The number of nitro benzene ring substituents is 1. The molecule has 6 unspecified atom stereocenters. The number of thioether (sulfide) groups is 1. The number of unbranched alkanes of at least 4 members (excludes halogenated alkanes) is 2. The van der Waals surface area contributed by atoms with Gasteiger partial charge in [0, 0.05) is 54.7 Å². The van der Waals surface area contributed by atoms with Crippen LogP contribution >= 0.6 is 11.8 Å². The molecule has 0 bridgehead atoms. The zero-order valence-corrected chi connectivity index (χ0v) is 34.5. The summed E-state index contributed by atoms with van der Waals surface area (Å²) in [5.74, 6) is -0.224. The Kier molecular flexibility index (Phi) is 14.0. The number of carbonyl (C=O) groups excluding carboxylic acids is 1. The number of aliphatic hydroxyl groups is 2. The van der Waals surface area contributed by atoms with Gasteiger partial charge in [-0.3, -0.25) is 14.9 Å². The fourth-order valence-corrected chi connectivity index (χ4v) is 9.75. The molecule has 6 atom stereocenters. The molecule has 0 spiro atoms. The molecule has 12 nitrogen and oxygen atoms in total. The van der Waals surface area contributed by atoms with Crippen molar-refractivity contribution >= 4 is 34.8 Å². The zero-order valence-electron chi connectivity index (χ0n) is 33.7. The Bertz CT molecular complexity index is 2000. The minimum absolute atomic E-state index is 0.0699. The van der Waals surface area contributed by atoms with E-state index < -0.39 is 16.3 Å². The third-order valence-electron chi connectivity index (χ3n) is 10.8. The number of allylic oxidation sites excluding steroid dienone is 1. The first-order chi connectivity index (χ1) is 27.8. The number of fused-ring (bicyclic) bond motifs is 2. The summed E-state index contributed by atoms with van der Waals surface area (Å²) in [7, 11) is 0. The van der Waals surface area contributed by atoms with Crippen molar-refractivity contribution in [3.63, 3.8) is 0 Å². The van der Waals surface area contributed by atoms with Gasteiger partial charge in [0.05, 0.1) is 34.5 Å². The summed E-state index contributed by atoms with van der Waals surface area (Å²) in [4.78, 5) is 30.1. The predicted molar refractivity (Wildman–Crippen MR) is 226 cm³/mol. The van der Waals surface area contributed by atoms with Gasteiger partial charge in [-0.1, -0.05) is 36.2 Å². The van der Waals surface area contributed by atoms with E-state index in [0.717, 1.165) is 47.4 Å². The van der Waals surface area contributed by atoms with Gasteiger partial charge in [0.1, 0.15) is 22.8 Å². The highest BCUT2D eigenvalue weighted by Gasteiger charge is 2.64. The second kappa shape index (κ2) is 18.9. The lowest BCUT2D eigenvalue weighted by Gasteiger charge is -2.58. The summed E-state index contributed by atoms with van der Waals surface area (Å²) in [6.45, 7) is 11.8. The minimum Gasteiger partial charge on any atom is -0.460 e. The van der Waals surface area contributed by atoms with E-state index in [2.05, 4.69) is 18.0 Å². The van der Waals surface area contributed by atoms with Gasteiger partial charge >= 0.3 is 0 Å². The number of rotatable bonds is 18. The van der Waals surface area contributed by atoms with Crippen LogP contribution in [0.4, 0.5) is 11.4 Å². The molecule has 1 heterocycles. The number of carbonyl (C=O) groups is 1. The summed E-state index contributed by atoms with van der Waals surface area (Å²) in [6, 6.07) is 19.5. The minimum atomic E-state index is -1.20. The monoisotopic (exact) mass is 813 g/mol. The van der Waals surface area contributed by atoms with Gasteiger partial charge < -0.3 is 34.6 Å². The molecule has 13 heteroatoms. The number of aliphatic hydroxyl groups excluding tert-OH is 2. The highest BCUT2D eigenvalue weighted by atomic mass is 32.2. The second-order valence-electron chi connectivity index (χ2n) is 16.1. The number of benzene rings is 3. The fraction of sp³-hybridized carbons (Fsp3) is 0.467. The van der Waals surface area contributed by atoms with Crippen LogP contribution in [0.3, 0.4) is 0 Å². The number of nitrogens with one attached hydrogen (secondary N) is 1. The molecule has 0 saturated heterocycles. The predicted octanol–water partition coefficient (Wildman–Crippen LogP) is 9.57. The molecule has 1 aliphatic heterocycles. The van der Waals surface area contributed by atoms with E-state index in [-0.39, 0.29) is 60.3 Å². The smallest absolute Gasteiger partial charge is 0.273 e. The molecule has 6 rings (SSSR count). The van der Waals surface area contributed by atoms with Crippen LogP contribution < -0.4 is 14.8 Å². The molecular formula is C45H55N3O9S. The topological polar surface area (TPSA) is 162 Å². The van der Waals surface area contributed by atoms with Gasteiger partial charge in [0.15, 0.2) is 0 Å². The molecule has 1 amide bonds. The Morgan fingerprint density at radius 2 is 1.78 bits per heavy atom. The van der Waals surface area contributed by atoms with Crippen molar-refractivity contribution < 1.29 is 39.0 Å². The summed E-state index contributed by atoms with van der Waals surface area (Å²) < 4.78 is 20.6. The molecule has 0 radical (unpaired) electrons. The first kappa shape index (κ1) is 42.9. The molecule has 1 fully saturated rings. The molecule has 3 N–H and O–H groups in total. The van der Waals surface area contributed by atoms with E-state index in [0.29, 0.717) is 42.2 Å². The molecule has 3 aliphatic rings. The third kappa shape index (κ3) is 9.94. The van der Waals surface area contributed by atoms with E-state index in [9.17, 15) is 25.1 Å². The van der Waals surface area contributed by atoms with Crippen LogP contribution in [0.15, 0.2) is 101 Å². The highest BCUT2D eigenvalue weighted by molar-refractivity contribution is 8.00. The largest absolute Gasteiger partial charge is 0.460 e. The van der Waals surface area contributed by atoms with Crippen LogP contribution in [0.5, 0.6) is 17.2 Å². The lowest BCUT2D eigenvalue weighted by atomic mass is 9.56. The molecule has 1 saturated carbocycles. The number of hydrogen-bond acceptors (Lipinski definition) is 11. The Morgan fingerprint density at radius 3 is 2.45 bits per heavy atom. The maximum Gasteiger partial charge on any atom is 0.273 e. The number of nitro groups is 1. The maximum atomic E-state index is 11.8. The normalized spacial score (nSPS) is 24.1. The van der Waals surface area contributed by atoms with Gasteiger partial charge in [0.25, 0.3) is 5.69 Å². The van der Waals surface area contributed by atoms with E-state index in [1.54, 1.807) is 30.0 Å². The number of hydrogen-bond donors (Lipinski definition) is 3. The lowest BCUT2D eigenvalue weighted by Crippen LogP contribution is -2.64. The number of amides is 1. The summed E-state index contributed by atoms with van der Waals surface area (Å²) in [5.41, 5.74) is 2.81. The SMILES string of the molecule is C=CCOC12Oc3ccc(Oc4cccc([N+](=O)[O-])c4)cc3C3C(CCCCO)C(CCCCO)C=C(C(=NOC(C)(C)C)CC1Sc1ccc(NC(C)=O)cc1)C32. The van der Waals surface area contributed by atoms with Crippen molar-refractivity contribution in [2.24, 2.45) is 22.9 Å². The fourth-order valence-electron chi connectivity index (χ4n) is 8.46. The van der Waals surface area contributed by atoms with Gasteiger partial charge in [-0.25, -0.2) is 0 Å². The van der Waals surface area contributed by atoms with E-state index in [1.807, 2.05) is 63.2 Å². The van der Waals surface area contributed by atoms with Gasteiger partial charge in [0.2, 0.25) is 11.7 Å². The van der Waals surface area contributed by atoms with Crippen molar-refractivity contribution in [2.75, 3.05) is 25.1 Å². The molecule has 58 heavy (non-hydrogen) atoms. The van der Waals surface area contributed by atoms with Crippen molar-refractivity contribution in [1.29, 1.82) is 0 Å². The first-order valence-corrected chi connectivity index (χ1v) is 21.0. The van der Waals surface area contributed by atoms with Crippen LogP contribution in [0.1, 0.15) is 84.1 Å². The standard InChI is InChI=1S/C45H55N3O9S/c1-6-24-54-45-41(58-35-19-16-31(17-20-35)46-29(2)51)28-39(47-57-44(3,4)5)37-25-30(12-7-9-22-49)36(15-8-10-23-50)42(43(37)45)38-27-34(18-21-40(38)56-45)55-33-14-11-13-32(26-33)48(52)53/h6,11,13-14,16-21,25-27,30,36,41-43,49-50H,1,7-10,12,15,22-24,28H2,2-5H3,(H,46,51). The van der Waals surface area contributed by atoms with E-state index in [4.69, 9.17) is 24.2 Å². The highest BCUT2D eigenvalue weighted by Crippen LogP contribution is 2.63. The Hall–Kier alpha value is -4.69. The van der Waals surface area contributed by atoms with Crippen molar-refractivity contribution in [3.8, 4) is 17.2 Å². The Balaban J connectivity index is 1.55.